The van der Waals surface area contributed by atoms with E-state index in [2.05, 4.69) is 22.5 Å². The number of hydrogen-bond acceptors (Lipinski definition) is 8. The van der Waals surface area contributed by atoms with Gasteiger partial charge in [0.2, 0.25) is 5.91 Å². The van der Waals surface area contributed by atoms with Crippen LogP contribution in [0.2, 0.25) is 0 Å². The number of benzene rings is 1. The number of amides is 1. The van der Waals surface area contributed by atoms with E-state index in [0.717, 1.165) is 43.4 Å². The third kappa shape index (κ3) is 7.63. The number of carbonyl (C=O) groups excluding carboxylic acids is 1. The van der Waals surface area contributed by atoms with E-state index in [4.69, 9.17) is 4.74 Å². The molecule has 2 N–H and O–H groups in total. The Bertz CT molecular complexity index is 1300. The molecular weight excluding hydrogens is 516 g/mol. The molecule has 0 radical (unpaired) electrons. The van der Waals surface area contributed by atoms with Crippen molar-refractivity contribution < 1.29 is 35.1 Å². The molecular formula is C23H27F2N3O6S2. The van der Waals surface area contributed by atoms with Crippen LogP contribution in [0.1, 0.15) is 32.6 Å². The van der Waals surface area contributed by atoms with Crippen LogP contribution in [0.15, 0.2) is 29.2 Å². The zero-order chi connectivity index (χ0) is 26.8. The molecule has 0 aliphatic heterocycles. The number of hydrogen-bond donors (Lipinski definition) is 2. The molecule has 1 aromatic carbocycles. The molecule has 0 heterocycles. The monoisotopic (exact) mass is 543 g/mol. The molecule has 1 amide bonds. The average Bonchev–Trinajstić information content (AvgIpc) is 3.70. The summed E-state index contributed by atoms with van der Waals surface area (Å²) in [5.41, 5.74) is -1.14. The van der Waals surface area contributed by atoms with Crippen LogP contribution in [0.3, 0.4) is 0 Å². The van der Waals surface area contributed by atoms with Gasteiger partial charge in [-0.15, -0.1) is 5.92 Å². The van der Waals surface area contributed by atoms with Gasteiger partial charge in [-0.3, -0.25) is 10.1 Å². The lowest BCUT2D eigenvalue weighted by Crippen LogP contribution is -2.59. The third-order valence-corrected chi connectivity index (χ3v) is 8.70. The minimum Gasteiger partial charge on any atom is -0.431 e. The van der Waals surface area contributed by atoms with Gasteiger partial charge in [0.25, 0.3) is 0 Å². The number of rotatable bonds is 12. The number of carbonyl (C=O) groups is 1. The maximum absolute atomic E-state index is 15.1. The fourth-order valence-corrected chi connectivity index (χ4v) is 5.99. The van der Waals surface area contributed by atoms with E-state index in [1.165, 1.54) is 6.92 Å². The second kappa shape index (κ2) is 10.3. The molecule has 2 atom stereocenters. The Morgan fingerprint density at radius 3 is 2.31 bits per heavy atom. The van der Waals surface area contributed by atoms with Gasteiger partial charge >= 0.3 is 6.11 Å². The first-order chi connectivity index (χ1) is 16.7. The van der Waals surface area contributed by atoms with Crippen LogP contribution >= 0.6 is 0 Å². The van der Waals surface area contributed by atoms with Crippen LogP contribution in [0, 0.1) is 29.1 Å². The van der Waals surface area contributed by atoms with E-state index >= 15 is 8.78 Å². The summed E-state index contributed by atoms with van der Waals surface area (Å²) in [6.07, 6.45) is -0.838. The highest BCUT2D eigenvalue weighted by Gasteiger charge is 2.48. The maximum atomic E-state index is 15.1. The second-order valence-electron chi connectivity index (χ2n) is 9.16. The predicted molar refractivity (Wildman–Crippen MR) is 126 cm³/mol. The van der Waals surface area contributed by atoms with Gasteiger partial charge in [-0.25, -0.2) is 16.8 Å². The molecule has 2 saturated carbocycles. The lowest BCUT2D eigenvalue weighted by Gasteiger charge is -2.28. The summed E-state index contributed by atoms with van der Waals surface area (Å²) in [5, 5.41) is 14.1. The van der Waals surface area contributed by atoms with Crippen molar-refractivity contribution in [3.63, 3.8) is 0 Å². The van der Waals surface area contributed by atoms with Gasteiger partial charge in [0.05, 0.1) is 22.5 Å². The van der Waals surface area contributed by atoms with E-state index in [-0.39, 0.29) is 22.3 Å². The van der Waals surface area contributed by atoms with Gasteiger partial charge in [0.15, 0.2) is 25.7 Å². The molecule has 2 fully saturated rings. The summed E-state index contributed by atoms with van der Waals surface area (Å²) in [6.45, 7) is 1.29. The summed E-state index contributed by atoms with van der Waals surface area (Å²) < 4.78 is 83.6. The normalized spacial score (nSPS) is 18.6. The molecule has 0 spiro atoms. The minimum atomic E-state index is -4.04. The zero-order valence-electron chi connectivity index (χ0n) is 19.8. The Kier molecular flexibility index (Phi) is 7.98. The molecule has 196 valence electrons. The largest absolute Gasteiger partial charge is 0.431 e. The summed E-state index contributed by atoms with van der Waals surface area (Å²) in [4.78, 5) is 12.8. The highest BCUT2D eigenvalue weighted by atomic mass is 32.2. The van der Waals surface area contributed by atoms with Crippen molar-refractivity contribution >= 4 is 25.6 Å². The number of alkyl halides is 2. The van der Waals surface area contributed by atoms with Gasteiger partial charge in [0, 0.05) is 6.26 Å². The van der Waals surface area contributed by atoms with E-state index in [0.29, 0.717) is 12.8 Å². The first-order valence-corrected chi connectivity index (χ1v) is 14.9. The molecule has 2 aliphatic rings. The van der Waals surface area contributed by atoms with E-state index < -0.39 is 55.1 Å². The Labute approximate surface area is 209 Å². The SMILES string of the molecule is CC#CC(NC(CS(=O)(=O)CC1CC1)C(=O)NC1(C#N)CC1)C(F)(F)Oc1ccc(S(C)(=O)=O)cc1. The highest BCUT2D eigenvalue weighted by Crippen LogP contribution is 2.35. The number of sulfone groups is 2. The Morgan fingerprint density at radius 1 is 1.22 bits per heavy atom. The second-order valence-corrected chi connectivity index (χ2v) is 13.3. The molecule has 36 heavy (non-hydrogen) atoms. The van der Waals surface area contributed by atoms with Crippen LogP contribution in [0.25, 0.3) is 0 Å². The van der Waals surface area contributed by atoms with Gasteiger partial charge in [0.1, 0.15) is 17.3 Å². The van der Waals surface area contributed by atoms with Gasteiger partial charge in [-0.05, 0) is 62.8 Å². The van der Waals surface area contributed by atoms with Crippen LogP contribution in [-0.4, -0.2) is 64.2 Å². The van der Waals surface area contributed by atoms with Crippen molar-refractivity contribution in [2.75, 3.05) is 17.8 Å². The van der Waals surface area contributed by atoms with Crippen molar-refractivity contribution in [1.29, 1.82) is 5.26 Å². The average molecular weight is 544 g/mol. The summed E-state index contributed by atoms with van der Waals surface area (Å²) in [7, 11) is -7.33. The van der Waals surface area contributed by atoms with Gasteiger partial charge in [-0.1, -0.05) is 5.92 Å². The number of halogens is 2. The summed E-state index contributed by atoms with van der Waals surface area (Å²) in [5.74, 6) is 2.36. The quantitative estimate of drug-likeness (QED) is 0.377. The number of nitrogens with one attached hydrogen (secondary N) is 2. The maximum Gasteiger partial charge on any atom is 0.425 e. The van der Waals surface area contributed by atoms with Crippen molar-refractivity contribution in [1.82, 2.24) is 10.6 Å². The number of nitriles is 1. The molecule has 2 unspecified atom stereocenters. The van der Waals surface area contributed by atoms with Crippen LogP contribution in [0.4, 0.5) is 8.78 Å². The van der Waals surface area contributed by atoms with Crippen LogP contribution in [0.5, 0.6) is 5.75 Å². The molecule has 13 heteroatoms. The van der Waals surface area contributed by atoms with E-state index in [1.807, 2.05) is 6.07 Å². The summed E-state index contributed by atoms with van der Waals surface area (Å²) in [6, 6.07) is 2.54. The molecule has 0 saturated heterocycles. The number of ether oxygens (including phenoxy) is 1. The fourth-order valence-electron chi connectivity index (χ4n) is 3.42. The standard InChI is InChI=1S/C23H27F2N3O6S2/c1-3-4-20(23(24,25)34-17-7-9-18(10-8-17)35(2,30)31)27-19(14-36(32,33)13-16-5-6-16)21(29)28-22(15-26)11-12-22/h7-10,16,19-20,27H,5-6,11-14H2,1-2H3,(H,28,29). The Hall–Kier alpha value is -2.74. The van der Waals surface area contributed by atoms with Crippen molar-refractivity contribution in [2.24, 2.45) is 5.92 Å². The zero-order valence-corrected chi connectivity index (χ0v) is 21.4. The van der Waals surface area contributed by atoms with Crippen molar-refractivity contribution in [2.45, 2.75) is 61.2 Å². The molecule has 1 aromatic rings. The van der Waals surface area contributed by atoms with E-state index in [9.17, 15) is 26.9 Å². The molecule has 3 rings (SSSR count). The van der Waals surface area contributed by atoms with Crippen molar-refractivity contribution in [3.05, 3.63) is 24.3 Å². The molecule has 0 bridgehead atoms. The third-order valence-electron chi connectivity index (χ3n) is 5.75. The molecule has 0 aromatic heterocycles. The van der Waals surface area contributed by atoms with Gasteiger partial charge < -0.3 is 10.1 Å². The Morgan fingerprint density at radius 2 is 1.83 bits per heavy atom. The fraction of sp³-hybridized carbons (Fsp3) is 0.565. The van der Waals surface area contributed by atoms with Crippen molar-refractivity contribution in [3.8, 4) is 23.7 Å². The number of nitrogens with zero attached hydrogens (tertiary/aromatic N) is 1. The molecule has 9 nitrogen and oxygen atoms in total. The van der Waals surface area contributed by atoms with Crippen LogP contribution in [-0.2, 0) is 24.5 Å². The van der Waals surface area contributed by atoms with Crippen LogP contribution < -0.4 is 15.4 Å². The predicted octanol–water partition coefficient (Wildman–Crippen LogP) is 1.41. The van der Waals surface area contributed by atoms with Gasteiger partial charge in [-0.2, -0.15) is 14.0 Å². The summed E-state index contributed by atoms with van der Waals surface area (Å²) >= 11 is 0. The lowest BCUT2D eigenvalue weighted by molar-refractivity contribution is -0.188. The first-order valence-electron chi connectivity index (χ1n) is 11.2. The Balaban J connectivity index is 1.82. The minimum absolute atomic E-state index is 0.0153. The smallest absolute Gasteiger partial charge is 0.425 e. The molecule has 2 aliphatic carbocycles. The topological polar surface area (TPSA) is 142 Å². The highest BCUT2D eigenvalue weighted by molar-refractivity contribution is 7.91. The lowest BCUT2D eigenvalue weighted by atomic mass is 10.2. The first kappa shape index (κ1) is 27.8. The van der Waals surface area contributed by atoms with E-state index in [1.54, 1.807) is 0 Å².